The van der Waals surface area contributed by atoms with Gasteiger partial charge in [0.05, 0.1) is 0 Å². The van der Waals surface area contributed by atoms with Crippen molar-refractivity contribution in [1.29, 1.82) is 0 Å². The van der Waals surface area contributed by atoms with Gasteiger partial charge in [0.1, 0.15) is 0 Å². The van der Waals surface area contributed by atoms with Crippen LogP contribution in [0.1, 0.15) is 168 Å². The minimum absolute atomic E-state index is 0.165. The SMILES string of the molecule is CCCCCCCCCCCCCC(=O)NCCNCCNC(=O)CCCCCCCCCCCCC. The molecule has 0 aliphatic rings. The molecule has 0 aromatic heterocycles. The Bertz CT molecular complexity index is 443. The van der Waals surface area contributed by atoms with E-state index in [0.717, 1.165) is 25.9 Å². The molecule has 0 radical (unpaired) electrons. The summed E-state index contributed by atoms with van der Waals surface area (Å²) in [6.07, 6.45) is 30.0. The molecule has 0 aliphatic carbocycles. The largest absolute Gasteiger partial charge is 0.355 e. The van der Waals surface area contributed by atoms with Crippen LogP contribution >= 0.6 is 0 Å². The second-order valence-electron chi connectivity index (χ2n) is 11.0. The highest BCUT2D eigenvalue weighted by Crippen LogP contribution is 2.13. The van der Waals surface area contributed by atoms with Crippen LogP contribution in [0.5, 0.6) is 0 Å². The Morgan fingerprint density at radius 1 is 0.378 bits per heavy atom. The number of carbonyl (C=O) groups excluding carboxylic acids is 2. The molecule has 220 valence electrons. The van der Waals surface area contributed by atoms with Gasteiger partial charge in [-0.15, -0.1) is 0 Å². The van der Waals surface area contributed by atoms with Crippen LogP contribution in [0, 0.1) is 0 Å². The molecule has 2 amide bonds. The Balaban J connectivity index is 3.26. The lowest BCUT2D eigenvalue weighted by molar-refractivity contribution is -0.121. The van der Waals surface area contributed by atoms with Crippen LogP contribution in [-0.2, 0) is 9.59 Å². The quantitative estimate of drug-likeness (QED) is 0.0831. The molecule has 5 nitrogen and oxygen atoms in total. The highest BCUT2D eigenvalue weighted by atomic mass is 16.2. The minimum Gasteiger partial charge on any atom is -0.355 e. The molecule has 0 fully saturated rings. The molecule has 0 aromatic rings. The summed E-state index contributed by atoms with van der Waals surface area (Å²) >= 11 is 0. The van der Waals surface area contributed by atoms with Gasteiger partial charge in [-0.25, -0.2) is 0 Å². The summed E-state index contributed by atoms with van der Waals surface area (Å²) in [5.74, 6) is 0.330. The number of carbonyl (C=O) groups is 2. The lowest BCUT2D eigenvalue weighted by atomic mass is 10.1. The van der Waals surface area contributed by atoms with E-state index in [0.29, 0.717) is 25.9 Å². The molecule has 0 unspecified atom stereocenters. The number of unbranched alkanes of at least 4 members (excludes halogenated alkanes) is 20. The van der Waals surface area contributed by atoms with E-state index in [-0.39, 0.29) is 11.8 Å². The van der Waals surface area contributed by atoms with Crippen molar-refractivity contribution in [1.82, 2.24) is 16.0 Å². The zero-order chi connectivity index (χ0) is 27.1. The molecule has 37 heavy (non-hydrogen) atoms. The summed E-state index contributed by atoms with van der Waals surface area (Å²) in [6.45, 7) is 7.34. The Morgan fingerprint density at radius 2 is 0.649 bits per heavy atom. The molecule has 0 heterocycles. The molecule has 0 saturated heterocycles. The van der Waals surface area contributed by atoms with E-state index >= 15 is 0 Å². The van der Waals surface area contributed by atoms with Crippen LogP contribution in [0.15, 0.2) is 0 Å². The van der Waals surface area contributed by atoms with Gasteiger partial charge >= 0.3 is 0 Å². The molecule has 0 rings (SSSR count). The van der Waals surface area contributed by atoms with Gasteiger partial charge in [0.15, 0.2) is 0 Å². The summed E-state index contributed by atoms with van der Waals surface area (Å²) < 4.78 is 0. The van der Waals surface area contributed by atoms with Crippen LogP contribution in [0.4, 0.5) is 0 Å². The van der Waals surface area contributed by atoms with E-state index in [4.69, 9.17) is 0 Å². The van der Waals surface area contributed by atoms with Gasteiger partial charge in [0.25, 0.3) is 0 Å². The third-order valence-electron chi connectivity index (χ3n) is 7.26. The van der Waals surface area contributed by atoms with Crippen LogP contribution in [0.3, 0.4) is 0 Å². The first-order valence-electron chi connectivity index (χ1n) is 16.4. The topological polar surface area (TPSA) is 70.2 Å². The van der Waals surface area contributed by atoms with Gasteiger partial charge in [-0.3, -0.25) is 9.59 Å². The lowest BCUT2D eigenvalue weighted by Gasteiger charge is -2.08. The van der Waals surface area contributed by atoms with Crippen LogP contribution in [0.25, 0.3) is 0 Å². The highest BCUT2D eigenvalue weighted by molar-refractivity contribution is 5.76. The Morgan fingerprint density at radius 3 is 0.946 bits per heavy atom. The second-order valence-corrected chi connectivity index (χ2v) is 11.0. The van der Waals surface area contributed by atoms with Crippen LogP contribution in [-0.4, -0.2) is 38.0 Å². The van der Waals surface area contributed by atoms with Crippen molar-refractivity contribution in [2.24, 2.45) is 0 Å². The van der Waals surface area contributed by atoms with Crippen LogP contribution < -0.4 is 16.0 Å². The highest BCUT2D eigenvalue weighted by Gasteiger charge is 2.02. The average Bonchev–Trinajstić information content (AvgIpc) is 2.89. The van der Waals surface area contributed by atoms with Crippen LogP contribution in [0.2, 0.25) is 0 Å². The van der Waals surface area contributed by atoms with Gasteiger partial charge in [-0.2, -0.15) is 0 Å². The van der Waals surface area contributed by atoms with Gasteiger partial charge in [0.2, 0.25) is 11.8 Å². The number of hydrogen-bond donors (Lipinski definition) is 3. The minimum atomic E-state index is 0.165. The van der Waals surface area contributed by atoms with E-state index in [1.807, 2.05) is 0 Å². The van der Waals surface area contributed by atoms with Gasteiger partial charge in [-0.1, -0.05) is 142 Å². The number of nitrogens with one attached hydrogen (secondary N) is 3. The van der Waals surface area contributed by atoms with Gasteiger partial charge < -0.3 is 16.0 Å². The first-order valence-corrected chi connectivity index (χ1v) is 16.4. The first-order chi connectivity index (χ1) is 18.2. The van der Waals surface area contributed by atoms with Crippen molar-refractivity contribution < 1.29 is 9.59 Å². The first kappa shape index (κ1) is 35.9. The third-order valence-corrected chi connectivity index (χ3v) is 7.26. The van der Waals surface area contributed by atoms with Crippen molar-refractivity contribution in [3.05, 3.63) is 0 Å². The summed E-state index contributed by atoms with van der Waals surface area (Å²) in [5.41, 5.74) is 0. The van der Waals surface area contributed by atoms with E-state index < -0.39 is 0 Å². The third kappa shape index (κ3) is 31.0. The average molecular weight is 524 g/mol. The van der Waals surface area contributed by atoms with E-state index in [9.17, 15) is 9.59 Å². The number of hydrogen-bond acceptors (Lipinski definition) is 3. The summed E-state index contributed by atoms with van der Waals surface area (Å²) in [7, 11) is 0. The van der Waals surface area contributed by atoms with Crippen molar-refractivity contribution >= 4 is 11.8 Å². The molecule has 0 saturated carbocycles. The van der Waals surface area contributed by atoms with Crippen molar-refractivity contribution in [2.45, 2.75) is 168 Å². The molecule has 5 heteroatoms. The molecular formula is C32H65N3O2. The Kier molecular flexibility index (Phi) is 30.2. The molecule has 3 N–H and O–H groups in total. The molecule has 0 bridgehead atoms. The monoisotopic (exact) mass is 524 g/mol. The summed E-state index contributed by atoms with van der Waals surface area (Å²) in [4.78, 5) is 23.9. The summed E-state index contributed by atoms with van der Waals surface area (Å²) in [5, 5.41) is 9.28. The fourth-order valence-corrected chi connectivity index (χ4v) is 4.78. The number of amides is 2. The normalized spacial score (nSPS) is 11.1. The van der Waals surface area contributed by atoms with Gasteiger partial charge in [0, 0.05) is 39.0 Å². The van der Waals surface area contributed by atoms with Gasteiger partial charge in [-0.05, 0) is 12.8 Å². The van der Waals surface area contributed by atoms with Crippen molar-refractivity contribution in [3.63, 3.8) is 0 Å². The zero-order valence-electron chi connectivity index (χ0n) is 25.1. The summed E-state index contributed by atoms with van der Waals surface area (Å²) in [6, 6.07) is 0. The molecular weight excluding hydrogens is 458 g/mol. The van der Waals surface area contributed by atoms with E-state index in [1.54, 1.807) is 0 Å². The van der Waals surface area contributed by atoms with Crippen molar-refractivity contribution in [3.8, 4) is 0 Å². The fourth-order valence-electron chi connectivity index (χ4n) is 4.78. The lowest BCUT2D eigenvalue weighted by Crippen LogP contribution is -2.36. The maximum Gasteiger partial charge on any atom is 0.220 e. The second kappa shape index (κ2) is 31.1. The van der Waals surface area contributed by atoms with E-state index in [1.165, 1.54) is 128 Å². The fraction of sp³-hybridized carbons (Fsp3) is 0.938. The Hall–Kier alpha value is -1.10. The molecule has 0 atom stereocenters. The number of rotatable bonds is 30. The smallest absolute Gasteiger partial charge is 0.220 e. The van der Waals surface area contributed by atoms with E-state index in [2.05, 4.69) is 29.8 Å². The maximum atomic E-state index is 11.9. The predicted octanol–water partition coefficient (Wildman–Crippen LogP) is 8.21. The predicted molar refractivity (Wildman–Crippen MR) is 161 cm³/mol. The van der Waals surface area contributed by atoms with Crippen molar-refractivity contribution in [2.75, 3.05) is 26.2 Å². The maximum absolute atomic E-state index is 11.9. The molecule has 0 aliphatic heterocycles. The Labute approximate surface area is 231 Å². The standard InChI is InChI=1S/C32H65N3O2/c1-3-5-7-9-11-13-15-17-19-21-23-25-31(36)34-29-27-33-28-30-35-32(37)26-24-22-20-18-16-14-12-10-8-6-4-2/h33H,3-30H2,1-2H3,(H,34,36)(H,35,37). The zero-order valence-corrected chi connectivity index (χ0v) is 25.1. The molecule has 0 spiro atoms. The molecule has 0 aromatic carbocycles.